The SMILES string of the molecule is O=C(NC1=CCCC=C1)Nc1cccc(Cl)c1O. The van der Waals surface area contributed by atoms with Crippen molar-refractivity contribution in [3.05, 3.63) is 47.1 Å². The molecule has 0 saturated carbocycles. The molecule has 5 heteroatoms. The molecule has 0 atom stereocenters. The molecule has 3 N–H and O–H groups in total. The lowest BCUT2D eigenvalue weighted by molar-refractivity contribution is 0.254. The highest BCUT2D eigenvalue weighted by atomic mass is 35.5. The lowest BCUT2D eigenvalue weighted by Crippen LogP contribution is -2.27. The van der Waals surface area contributed by atoms with Crippen molar-refractivity contribution in [2.45, 2.75) is 12.8 Å². The number of rotatable bonds is 2. The highest BCUT2D eigenvalue weighted by Crippen LogP contribution is 2.30. The Hall–Kier alpha value is -1.94. The Morgan fingerprint density at radius 3 is 2.83 bits per heavy atom. The number of carbonyl (C=O) groups is 1. The third-order valence-corrected chi connectivity index (χ3v) is 2.79. The molecule has 1 aliphatic carbocycles. The number of phenols is 1. The van der Waals surface area contributed by atoms with Gasteiger partial charge in [0.25, 0.3) is 0 Å². The van der Waals surface area contributed by atoms with Gasteiger partial charge in [-0.15, -0.1) is 0 Å². The Balaban J connectivity index is 2.01. The van der Waals surface area contributed by atoms with Gasteiger partial charge < -0.3 is 15.7 Å². The van der Waals surface area contributed by atoms with Crippen LogP contribution in [0, 0.1) is 0 Å². The first-order chi connectivity index (χ1) is 8.66. The van der Waals surface area contributed by atoms with E-state index in [0.717, 1.165) is 18.5 Å². The number of allylic oxidation sites excluding steroid dienone is 3. The van der Waals surface area contributed by atoms with E-state index < -0.39 is 6.03 Å². The summed E-state index contributed by atoms with van der Waals surface area (Å²) in [5, 5.41) is 15.1. The van der Waals surface area contributed by atoms with E-state index in [9.17, 15) is 9.90 Å². The van der Waals surface area contributed by atoms with Crippen LogP contribution in [0.25, 0.3) is 0 Å². The van der Waals surface area contributed by atoms with Crippen LogP contribution in [0.5, 0.6) is 5.75 Å². The second kappa shape index (κ2) is 5.60. The number of hydrogen-bond donors (Lipinski definition) is 3. The fourth-order valence-electron chi connectivity index (χ4n) is 1.61. The van der Waals surface area contributed by atoms with Gasteiger partial charge in [-0.3, -0.25) is 0 Å². The van der Waals surface area contributed by atoms with Gasteiger partial charge in [-0.1, -0.05) is 29.8 Å². The van der Waals surface area contributed by atoms with Crippen molar-refractivity contribution < 1.29 is 9.90 Å². The smallest absolute Gasteiger partial charge is 0.323 e. The van der Waals surface area contributed by atoms with Crippen LogP contribution in [0.1, 0.15) is 12.8 Å². The molecule has 0 aromatic heterocycles. The third kappa shape index (κ3) is 3.05. The Kier molecular flexibility index (Phi) is 3.89. The number of amides is 2. The summed E-state index contributed by atoms with van der Waals surface area (Å²) in [4.78, 5) is 11.7. The molecule has 0 aliphatic heterocycles. The Bertz CT molecular complexity index is 524. The van der Waals surface area contributed by atoms with Gasteiger partial charge in [-0.25, -0.2) is 4.79 Å². The van der Waals surface area contributed by atoms with Crippen LogP contribution in [-0.2, 0) is 0 Å². The number of halogens is 1. The number of benzene rings is 1. The largest absolute Gasteiger partial charge is 0.504 e. The summed E-state index contributed by atoms with van der Waals surface area (Å²) in [6, 6.07) is 4.36. The van der Waals surface area contributed by atoms with E-state index >= 15 is 0 Å². The maximum absolute atomic E-state index is 11.7. The molecule has 0 heterocycles. The van der Waals surface area contributed by atoms with Crippen molar-refractivity contribution in [1.29, 1.82) is 0 Å². The molecule has 1 aromatic carbocycles. The minimum Gasteiger partial charge on any atom is -0.504 e. The zero-order valence-corrected chi connectivity index (χ0v) is 10.4. The number of hydrogen-bond acceptors (Lipinski definition) is 2. The molecule has 94 valence electrons. The van der Waals surface area contributed by atoms with Crippen LogP contribution in [0.2, 0.25) is 5.02 Å². The molecule has 0 fully saturated rings. The molecule has 0 saturated heterocycles. The van der Waals surface area contributed by atoms with E-state index in [1.54, 1.807) is 18.2 Å². The fourth-order valence-corrected chi connectivity index (χ4v) is 1.78. The summed E-state index contributed by atoms with van der Waals surface area (Å²) in [5.74, 6) is -0.137. The lowest BCUT2D eigenvalue weighted by Gasteiger charge is -2.11. The van der Waals surface area contributed by atoms with Crippen molar-refractivity contribution in [3.8, 4) is 5.75 Å². The summed E-state index contributed by atoms with van der Waals surface area (Å²) in [6.07, 6.45) is 7.68. The van der Waals surface area contributed by atoms with Crippen LogP contribution in [0.15, 0.2) is 42.1 Å². The summed E-state index contributed by atoms with van der Waals surface area (Å²) in [6.45, 7) is 0. The standard InChI is InChI=1S/C13H13ClN2O2/c14-10-7-4-8-11(12(10)17)16-13(18)15-9-5-2-1-3-6-9/h2,4-8,17H,1,3H2,(H2,15,16,18). The quantitative estimate of drug-likeness (QED) is 0.717. The number of phenolic OH excluding ortho intramolecular Hbond substituents is 1. The van der Waals surface area contributed by atoms with E-state index in [1.807, 2.05) is 18.2 Å². The van der Waals surface area contributed by atoms with Crippen molar-refractivity contribution in [2.24, 2.45) is 0 Å². The van der Waals surface area contributed by atoms with Crippen LogP contribution in [0.4, 0.5) is 10.5 Å². The molecule has 2 rings (SSSR count). The number of nitrogens with one attached hydrogen (secondary N) is 2. The maximum atomic E-state index is 11.7. The molecule has 0 unspecified atom stereocenters. The summed E-state index contributed by atoms with van der Waals surface area (Å²) >= 11 is 5.74. The highest BCUT2D eigenvalue weighted by Gasteiger charge is 2.09. The van der Waals surface area contributed by atoms with Crippen molar-refractivity contribution in [2.75, 3.05) is 5.32 Å². The zero-order valence-electron chi connectivity index (χ0n) is 9.61. The Morgan fingerprint density at radius 1 is 1.28 bits per heavy atom. The van der Waals surface area contributed by atoms with Gasteiger partial charge >= 0.3 is 6.03 Å². The van der Waals surface area contributed by atoms with Gasteiger partial charge in [0.05, 0.1) is 10.7 Å². The van der Waals surface area contributed by atoms with Gasteiger partial charge in [-0.05, 0) is 31.1 Å². The van der Waals surface area contributed by atoms with Crippen LogP contribution >= 0.6 is 11.6 Å². The average molecular weight is 265 g/mol. The predicted molar refractivity (Wildman–Crippen MR) is 71.7 cm³/mol. The van der Waals surface area contributed by atoms with Gasteiger partial charge in [0, 0.05) is 5.70 Å². The van der Waals surface area contributed by atoms with Crippen LogP contribution < -0.4 is 10.6 Å². The average Bonchev–Trinajstić information content (AvgIpc) is 2.36. The molecule has 0 spiro atoms. The molecular weight excluding hydrogens is 252 g/mol. The van der Waals surface area contributed by atoms with Gasteiger partial charge in [-0.2, -0.15) is 0 Å². The maximum Gasteiger partial charge on any atom is 0.323 e. The molecule has 18 heavy (non-hydrogen) atoms. The van der Waals surface area contributed by atoms with Crippen LogP contribution in [0.3, 0.4) is 0 Å². The first kappa shape index (κ1) is 12.5. The van der Waals surface area contributed by atoms with Gasteiger partial charge in [0.15, 0.2) is 5.75 Å². The normalized spacial score (nSPS) is 13.9. The number of aromatic hydroxyl groups is 1. The molecule has 1 aromatic rings. The number of carbonyl (C=O) groups excluding carboxylic acids is 1. The van der Waals surface area contributed by atoms with E-state index in [-0.39, 0.29) is 16.5 Å². The number of anilines is 1. The Morgan fingerprint density at radius 2 is 2.11 bits per heavy atom. The lowest BCUT2D eigenvalue weighted by atomic mass is 10.1. The molecule has 1 aliphatic rings. The second-order valence-corrected chi connectivity index (χ2v) is 4.26. The molecular formula is C13H13ClN2O2. The monoisotopic (exact) mass is 264 g/mol. The topological polar surface area (TPSA) is 61.4 Å². The number of urea groups is 1. The van der Waals surface area contributed by atoms with E-state index in [1.165, 1.54) is 0 Å². The first-order valence-corrected chi connectivity index (χ1v) is 5.97. The van der Waals surface area contributed by atoms with Gasteiger partial charge in [0.2, 0.25) is 0 Å². The second-order valence-electron chi connectivity index (χ2n) is 3.85. The molecule has 0 radical (unpaired) electrons. The summed E-state index contributed by atoms with van der Waals surface area (Å²) in [7, 11) is 0. The van der Waals surface area contributed by atoms with Crippen LogP contribution in [-0.4, -0.2) is 11.1 Å². The van der Waals surface area contributed by atoms with E-state index in [4.69, 9.17) is 11.6 Å². The minimum atomic E-state index is -0.412. The molecule has 4 nitrogen and oxygen atoms in total. The summed E-state index contributed by atoms with van der Waals surface area (Å²) in [5.41, 5.74) is 1.03. The number of para-hydroxylation sites is 1. The highest BCUT2D eigenvalue weighted by molar-refractivity contribution is 6.32. The zero-order chi connectivity index (χ0) is 13.0. The first-order valence-electron chi connectivity index (χ1n) is 5.59. The van der Waals surface area contributed by atoms with E-state index in [2.05, 4.69) is 10.6 Å². The minimum absolute atomic E-state index is 0.137. The van der Waals surface area contributed by atoms with Crippen molar-refractivity contribution in [3.63, 3.8) is 0 Å². The van der Waals surface area contributed by atoms with Crippen molar-refractivity contribution in [1.82, 2.24) is 5.32 Å². The third-order valence-electron chi connectivity index (χ3n) is 2.49. The van der Waals surface area contributed by atoms with Gasteiger partial charge in [0.1, 0.15) is 0 Å². The fraction of sp³-hybridized carbons (Fsp3) is 0.154. The van der Waals surface area contributed by atoms with E-state index in [0.29, 0.717) is 0 Å². The summed E-state index contributed by atoms with van der Waals surface area (Å²) < 4.78 is 0. The molecule has 0 bridgehead atoms. The molecule has 2 amide bonds. The predicted octanol–water partition coefficient (Wildman–Crippen LogP) is 3.40. The Labute approximate surface area is 110 Å². The van der Waals surface area contributed by atoms with Crippen molar-refractivity contribution >= 4 is 23.3 Å².